The number of hydrogen-bond donors (Lipinski definition) is 1. The van der Waals surface area contributed by atoms with Crippen LogP contribution in [0.25, 0.3) is 0 Å². The van der Waals surface area contributed by atoms with Gasteiger partial charge in [-0.15, -0.1) is 0 Å². The molecule has 0 radical (unpaired) electrons. The quantitative estimate of drug-likeness (QED) is 0.798. The molecule has 2 heterocycles. The zero-order valence-electron chi connectivity index (χ0n) is 9.57. The second-order valence-electron chi connectivity index (χ2n) is 4.78. The van der Waals surface area contributed by atoms with Crippen LogP contribution in [0.2, 0.25) is 0 Å². The van der Waals surface area contributed by atoms with Crippen molar-refractivity contribution < 1.29 is 5.11 Å². The second kappa shape index (κ2) is 3.49. The van der Waals surface area contributed by atoms with Crippen LogP contribution in [0.4, 0.5) is 5.69 Å². The molecular formula is C12H18N2O. The Labute approximate surface area is 90.8 Å². The average Bonchev–Trinajstić information content (AvgIpc) is 2.14. The van der Waals surface area contributed by atoms with Gasteiger partial charge in [0, 0.05) is 31.2 Å². The van der Waals surface area contributed by atoms with Gasteiger partial charge >= 0.3 is 0 Å². The standard InChI is InChI=1S/C12H18N2O/c1-9(2)12(15)7-14(8-12)11-4-5-13-6-10(11)3/h4-6,9,15H,7-8H2,1-3H3. The van der Waals surface area contributed by atoms with Crippen LogP contribution in [0.1, 0.15) is 19.4 Å². The first-order chi connectivity index (χ1) is 7.03. The van der Waals surface area contributed by atoms with Crippen molar-refractivity contribution in [1.29, 1.82) is 0 Å². The molecule has 2 rings (SSSR count). The van der Waals surface area contributed by atoms with Crippen LogP contribution < -0.4 is 4.90 Å². The van der Waals surface area contributed by atoms with Crippen molar-refractivity contribution in [2.24, 2.45) is 5.92 Å². The molecule has 0 amide bonds. The third kappa shape index (κ3) is 1.72. The Balaban J connectivity index is 2.10. The van der Waals surface area contributed by atoms with E-state index in [0.29, 0.717) is 5.92 Å². The summed E-state index contributed by atoms with van der Waals surface area (Å²) in [6.45, 7) is 7.65. The maximum atomic E-state index is 10.2. The summed E-state index contributed by atoms with van der Waals surface area (Å²) in [6.07, 6.45) is 3.66. The first kappa shape index (κ1) is 10.4. The fraction of sp³-hybridized carbons (Fsp3) is 0.583. The van der Waals surface area contributed by atoms with Crippen molar-refractivity contribution in [2.75, 3.05) is 18.0 Å². The first-order valence-corrected chi connectivity index (χ1v) is 5.41. The van der Waals surface area contributed by atoms with E-state index in [1.165, 1.54) is 11.3 Å². The molecule has 0 aliphatic carbocycles. The predicted molar refractivity (Wildman–Crippen MR) is 61.0 cm³/mol. The van der Waals surface area contributed by atoms with Gasteiger partial charge in [0.1, 0.15) is 5.60 Å². The molecule has 0 bridgehead atoms. The zero-order valence-corrected chi connectivity index (χ0v) is 9.57. The molecule has 0 spiro atoms. The highest BCUT2D eigenvalue weighted by molar-refractivity contribution is 5.54. The van der Waals surface area contributed by atoms with E-state index < -0.39 is 5.60 Å². The molecular weight excluding hydrogens is 188 g/mol. The number of aromatic nitrogens is 1. The van der Waals surface area contributed by atoms with Crippen molar-refractivity contribution in [2.45, 2.75) is 26.4 Å². The fourth-order valence-corrected chi connectivity index (χ4v) is 1.97. The van der Waals surface area contributed by atoms with Gasteiger partial charge in [0.25, 0.3) is 0 Å². The Hall–Kier alpha value is -1.09. The van der Waals surface area contributed by atoms with Crippen LogP contribution in [0.5, 0.6) is 0 Å². The topological polar surface area (TPSA) is 36.4 Å². The van der Waals surface area contributed by atoms with Gasteiger partial charge in [-0.3, -0.25) is 4.98 Å². The molecule has 1 N–H and O–H groups in total. The highest BCUT2D eigenvalue weighted by atomic mass is 16.3. The minimum atomic E-state index is -0.504. The van der Waals surface area contributed by atoms with E-state index in [9.17, 15) is 5.11 Å². The first-order valence-electron chi connectivity index (χ1n) is 5.41. The summed E-state index contributed by atoms with van der Waals surface area (Å²) in [7, 11) is 0. The zero-order chi connectivity index (χ0) is 11.1. The number of anilines is 1. The van der Waals surface area contributed by atoms with Gasteiger partial charge in [-0.25, -0.2) is 0 Å². The van der Waals surface area contributed by atoms with E-state index in [1.54, 1.807) is 6.20 Å². The number of β-amino-alcohol motifs (C(OH)–C–C–N with tert-alkyl or cyclic N) is 1. The Morgan fingerprint density at radius 3 is 2.67 bits per heavy atom. The summed E-state index contributed by atoms with van der Waals surface area (Å²) >= 11 is 0. The molecule has 15 heavy (non-hydrogen) atoms. The lowest BCUT2D eigenvalue weighted by Gasteiger charge is -2.50. The van der Waals surface area contributed by atoms with E-state index in [0.717, 1.165) is 13.1 Å². The number of nitrogens with zero attached hydrogens (tertiary/aromatic N) is 2. The summed E-state index contributed by atoms with van der Waals surface area (Å²) < 4.78 is 0. The van der Waals surface area contributed by atoms with E-state index in [4.69, 9.17) is 0 Å². The molecule has 0 unspecified atom stereocenters. The van der Waals surface area contributed by atoms with Crippen LogP contribution >= 0.6 is 0 Å². The molecule has 3 nitrogen and oxygen atoms in total. The Kier molecular flexibility index (Phi) is 2.43. The predicted octanol–water partition coefficient (Wildman–Crippen LogP) is 1.60. The molecule has 0 atom stereocenters. The van der Waals surface area contributed by atoms with E-state index in [1.807, 2.05) is 12.3 Å². The normalized spacial score (nSPS) is 19.1. The highest BCUT2D eigenvalue weighted by Gasteiger charge is 2.43. The Bertz CT molecular complexity index is 356. The average molecular weight is 206 g/mol. The van der Waals surface area contributed by atoms with Crippen LogP contribution in [0.3, 0.4) is 0 Å². The fourth-order valence-electron chi connectivity index (χ4n) is 1.97. The molecule has 0 aromatic carbocycles. The van der Waals surface area contributed by atoms with Crippen LogP contribution in [0.15, 0.2) is 18.5 Å². The molecule has 0 saturated carbocycles. The lowest BCUT2D eigenvalue weighted by atomic mass is 9.82. The van der Waals surface area contributed by atoms with Gasteiger partial charge in [-0.1, -0.05) is 13.8 Å². The molecule has 1 aromatic heterocycles. The summed E-state index contributed by atoms with van der Waals surface area (Å²) in [5.74, 6) is 0.316. The van der Waals surface area contributed by atoms with Crippen LogP contribution in [-0.4, -0.2) is 28.8 Å². The SMILES string of the molecule is Cc1cnccc1N1CC(O)(C(C)C)C1. The molecule has 1 fully saturated rings. The Morgan fingerprint density at radius 1 is 1.47 bits per heavy atom. The van der Waals surface area contributed by atoms with E-state index in [2.05, 4.69) is 30.7 Å². The number of rotatable bonds is 2. The van der Waals surface area contributed by atoms with Crippen LogP contribution in [-0.2, 0) is 0 Å². The molecule has 1 aliphatic rings. The van der Waals surface area contributed by atoms with Crippen molar-refractivity contribution in [1.82, 2.24) is 4.98 Å². The molecule has 3 heteroatoms. The monoisotopic (exact) mass is 206 g/mol. The van der Waals surface area contributed by atoms with Gasteiger partial charge in [0.15, 0.2) is 0 Å². The lowest BCUT2D eigenvalue weighted by Crippen LogP contribution is -2.64. The maximum absolute atomic E-state index is 10.2. The van der Waals surface area contributed by atoms with Crippen molar-refractivity contribution in [3.8, 4) is 0 Å². The lowest BCUT2D eigenvalue weighted by molar-refractivity contribution is -0.0301. The molecule has 1 aromatic rings. The van der Waals surface area contributed by atoms with Crippen LogP contribution in [0, 0.1) is 12.8 Å². The summed E-state index contributed by atoms with van der Waals surface area (Å²) in [5, 5.41) is 10.2. The third-order valence-electron chi connectivity index (χ3n) is 3.34. The number of aliphatic hydroxyl groups is 1. The number of pyridine rings is 1. The number of hydrogen-bond acceptors (Lipinski definition) is 3. The number of aryl methyl sites for hydroxylation is 1. The summed E-state index contributed by atoms with van der Waals surface area (Å²) in [5.41, 5.74) is 1.86. The van der Waals surface area contributed by atoms with Gasteiger partial charge in [-0.2, -0.15) is 0 Å². The summed E-state index contributed by atoms with van der Waals surface area (Å²) in [6, 6.07) is 2.01. The maximum Gasteiger partial charge on any atom is 0.102 e. The van der Waals surface area contributed by atoms with Gasteiger partial charge in [0.05, 0.1) is 0 Å². The van der Waals surface area contributed by atoms with Crippen molar-refractivity contribution in [3.63, 3.8) is 0 Å². The van der Waals surface area contributed by atoms with Gasteiger partial charge < -0.3 is 10.0 Å². The van der Waals surface area contributed by atoms with Crippen molar-refractivity contribution in [3.05, 3.63) is 24.0 Å². The minimum Gasteiger partial charge on any atom is -0.386 e. The minimum absolute atomic E-state index is 0.316. The molecule has 1 saturated heterocycles. The molecule has 82 valence electrons. The Morgan fingerprint density at radius 2 is 2.13 bits per heavy atom. The van der Waals surface area contributed by atoms with Crippen molar-refractivity contribution >= 4 is 5.69 Å². The van der Waals surface area contributed by atoms with E-state index >= 15 is 0 Å². The van der Waals surface area contributed by atoms with Gasteiger partial charge in [-0.05, 0) is 24.5 Å². The third-order valence-corrected chi connectivity index (χ3v) is 3.34. The second-order valence-corrected chi connectivity index (χ2v) is 4.78. The summed E-state index contributed by atoms with van der Waals surface area (Å²) in [4.78, 5) is 6.27. The van der Waals surface area contributed by atoms with E-state index in [-0.39, 0.29) is 0 Å². The largest absolute Gasteiger partial charge is 0.386 e. The van der Waals surface area contributed by atoms with Gasteiger partial charge in [0.2, 0.25) is 0 Å². The molecule has 1 aliphatic heterocycles. The highest BCUT2D eigenvalue weighted by Crippen LogP contribution is 2.33. The smallest absolute Gasteiger partial charge is 0.102 e.